The van der Waals surface area contributed by atoms with Crippen molar-refractivity contribution in [1.29, 1.82) is 0 Å². The first-order valence-corrected chi connectivity index (χ1v) is 8.74. The maximum Gasteiger partial charge on any atom is 0.270 e. The third-order valence-electron chi connectivity index (χ3n) is 3.67. The molecule has 23 heavy (non-hydrogen) atoms. The molecule has 0 amide bonds. The number of hydrogen-bond acceptors (Lipinski definition) is 4. The summed E-state index contributed by atoms with van der Waals surface area (Å²) < 4.78 is 25.9. The zero-order valence-electron chi connectivity index (χ0n) is 12.3. The topological polar surface area (TPSA) is 80.5 Å². The Morgan fingerprint density at radius 2 is 1.83 bits per heavy atom. The van der Waals surface area contributed by atoms with E-state index in [2.05, 4.69) is 0 Å². The van der Waals surface area contributed by atoms with Crippen LogP contribution in [0.15, 0.2) is 54.6 Å². The number of anilines is 1. The number of benzene rings is 2. The molecule has 1 aliphatic rings. The van der Waals surface area contributed by atoms with Gasteiger partial charge in [0.1, 0.15) is 0 Å². The van der Waals surface area contributed by atoms with E-state index in [0.717, 1.165) is 11.8 Å². The summed E-state index contributed by atoms with van der Waals surface area (Å²) in [7, 11) is -3.56. The molecule has 0 saturated heterocycles. The lowest BCUT2D eigenvalue weighted by atomic mass is 9.99. The van der Waals surface area contributed by atoms with Crippen LogP contribution in [0.5, 0.6) is 0 Å². The highest BCUT2D eigenvalue weighted by Crippen LogP contribution is 2.39. The second-order valence-electron chi connectivity index (χ2n) is 5.27. The summed E-state index contributed by atoms with van der Waals surface area (Å²) in [6, 6.07) is 13.0. The van der Waals surface area contributed by atoms with Gasteiger partial charge >= 0.3 is 0 Å². The molecule has 0 aromatic heterocycles. The monoisotopic (exact) mass is 330 g/mol. The van der Waals surface area contributed by atoms with Crippen LogP contribution >= 0.6 is 0 Å². The minimum absolute atomic E-state index is 0.0694. The average molecular weight is 330 g/mol. The Balaban J connectivity index is 2.17. The fourth-order valence-corrected chi connectivity index (χ4v) is 3.82. The number of hydrogen-bond donors (Lipinski definition) is 0. The number of nitro benzene ring substituents is 1. The van der Waals surface area contributed by atoms with Gasteiger partial charge in [0.25, 0.3) is 5.69 Å². The molecule has 1 aliphatic heterocycles. The van der Waals surface area contributed by atoms with E-state index in [1.54, 1.807) is 12.2 Å². The van der Waals surface area contributed by atoms with Gasteiger partial charge in [-0.2, -0.15) is 0 Å². The van der Waals surface area contributed by atoms with E-state index in [1.165, 1.54) is 22.5 Å². The van der Waals surface area contributed by atoms with Crippen molar-refractivity contribution in [2.75, 3.05) is 10.6 Å². The molecule has 2 aromatic rings. The van der Waals surface area contributed by atoms with Crippen molar-refractivity contribution >= 4 is 27.5 Å². The number of non-ortho nitro benzene ring substituents is 1. The van der Waals surface area contributed by atoms with Gasteiger partial charge in [0.15, 0.2) is 0 Å². The molecule has 0 N–H and O–H groups in total. The molecule has 0 spiro atoms. The van der Waals surface area contributed by atoms with Crippen LogP contribution in [0.1, 0.15) is 17.2 Å². The van der Waals surface area contributed by atoms with E-state index in [1.807, 2.05) is 30.3 Å². The van der Waals surface area contributed by atoms with Crippen molar-refractivity contribution in [3.05, 3.63) is 75.8 Å². The van der Waals surface area contributed by atoms with Gasteiger partial charge < -0.3 is 0 Å². The van der Waals surface area contributed by atoms with E-state index in [0.29, 0.717) is 11.3 Å². The summed E-state index contributed by atoms with van der Waals surface area (Å²) in [5, 5.41) is 10.9. The van der Waals surface area contributed by atoms with Crippen LogP contribution in [-0.2, 0) is 10.0 Å². The Labute approximate surface area is 133 Å². The van der Waals surface area contributed by atoms with Crippen LogP contribution in [0, 0.1) is 10.1 Å². The molecule has 0 bridgehead atoms. The fourth-order valence-electron chi connectivity index (χ4n) is 2.69. The minimum atomic E-state index is -3.56. The van der Waals surface area contributed by atoms with E-state index >= 15 is 0 Å². The standard InChI is InChI=1S/C16H14N2O4S/c1-23(21,22)17-15(12-5-3-2-4-6-12)9-7-13-11-14(18(19)20)8-10-16(13)17/h2-11,15H,1H3. The predicted molar refractivity (Wildman–Crippen MR) is 88.6 cm³/mol. The highest BCUT2D eigenvalue weighted by Gasteiger charge is 2.31. The smallest absolute Gasteiger partial charge is 0.258 e. The van der Waals surface area contributed by atoms with Gasteiger partial charge in [-0.05, 0) is 11.6 Å². The van der Waals surface area contributed by atoms with Crippen molar-refractivity contribution in [2.24, 2.45) is 0 Å². The minimum Gasteiger partial charge on any atom is -0.258 e. The molecule has 0 radical (unpaired) electrons. The zero-order chi connectivity index (χ0) is 16.6. The zero-order valence-corrected chi connectivity index (χ0v) is 13.1. The lowest BCUT2D eigenvalue weighted by Gasteiger charge is -2.33. The van der Waals surface area contributed by atoms with Crippen LogP contribution < -0.4 is 4.31 Å². The maximum atomic E-state index is 12.3. The van der Waals surface area contributed by atoms with Crippen LogP contribution in [0.25, 0.3) is 6.08 Å². The molecular formula is C16H14N2O4S. The summed E-state index contributed by atoms with van der Waals surface area (Å²) >= 11 is 0. The normalized spacial score (nSPS) is 16.9. The first-order valence-electron chi connectivity index (χ1n) is 6.89. The van der Waals surface area contributed by atoms with Crippen LogP contribution in [-0.4, -0.2) is 19.6 Å². The summed E-state index contributed by atoms with van der Waals surface area (Å²) in [5.74, 6) is 0. The molecule has 118 valence electrons. The largest absolute Gasteiger partial charge is 0.270 e. The van der Waals surface area contributed by atoms with E-state index in [4.69, 9.17) is 0 Å². The molecule has 3 rings (SSSR count). The fraction of sp³-hybridized carbons (Fsp3) is 0.125. The van der Waals surface area contributed by atoms with E-state index in [9.17, 15) is 18.5 Å². The van der Waals surface area contributed by atoms with Gasteiger partial charge in [0, 0.05) is 17.7 Å². The molecule has 7 heteroatoms. The van der Waals surface area contributed by atoms with Crippen molar-refractivity contribution in [3.63, 3.8) is 0 Å². The quantitative estimate of drug-likeness (QED) is 0.639. The lowest BCUT2D eigenvalue weighted by molar-refractivity contribution is -0.384. The molecule has 0 aliphatic carbocycles. The predicted octanol–water partition coefficient (Wildman–Crippen LogP) is 3.13. The number of sulfonamides is 1. The number of fused-ring (bicyclic) bond motifs is 1. The SMILES string of the molecule is CS(=O)(=O)N1c2ccc([N+](=O)[O-])cc2C=CC1c1ccccc1. The summed E-state index contributed by atoms with van der Waals surface area (Å²) in [5.41, 5.74) is 1.71. The van der Waals surface area contributed by atoms with Crippen molar-refractivity contribution in [3.8, 4) is 0 Å². The summed E-state index contributed by atoms with van der Waals surface area (Å²) in [4.78, 5) is 10.4. The average Bonchev–Trinajstić information content (AvgIpc) is 2.53. The second kappa shape index (κ2) is 5.51. The van der Waals surface area contributed by atoms with Crippen molar-refractivity contribution in [1.82, 2.24) is 0 Å². The molecule has 1 atom stereocenters. The van der Waals surface area contributed by atoms with Gasteiger partial charge in [-0.1, -0.05) is 42.5 Å². The Kier molecular flexibility index (Phi) is 3.65. The molecule has 2 aromatic carbocycles. The molecule has 0 fully saturated rings. The molecule has 1 heterocycles. The van der Waals surface area contributed by atoms with Crippen LogP contribution in [0.2, 0.25) is 0 Å². The maximum absolute atomic E-state index is 12.3. The van der Waals surface area contributed by atoms with Gasteiger partial charge in [-0.3, -0.25) is 14.4 Å². The van der Waals surface area contributed by atoms with Gasteiger partial charge in [-0.15, -0.1) is 0 Å². The van der Waals surface area contributed by atoms with Crippen LogP contribution in [0.3, 0.4) is 0 Å². The van der Waals surface area contributed by atoms with Gasteiger partial charge in [-0.25, -0.2) is 8.42 Å². The first-order chi connectivity index (χ1) is 10.9. The Morgan fingerprint density at radius 1 is 1.13 bits per heavy atom. The summed E-state index contributed by atoms with van der Waals surface area (Å²) in [6.07, 6.45) is 4.59. The highest BCUT2D eigenvalue weighted by molar-refractivity contribution is 7.92. The Morgan fingerprint density at radius 3 is 2.43 bits per heavy atom. The van der Waals surface area contributed by atoms with Crippen molar-refractivity contribution < 1.29 is 13.3 Å². The first kappa shape index (κ1) is 15.2. The molecule has 6 nitrogen and oxygen atoms in total. The second-order valence-corrected chi connectivity index (χ2v) is 7.13. The van der Waals surface area contributed by atoms with E-state index in [-0.39, 0.29) is 5.69 Å². The van der Waals surface area contributed by atoms with E-state index < -0.39 is 21.0 Å². The lowest BCUT2D eigenvalue weighted by Crippen LogP contribution is -2.35. The number of rotatable bonds is 3. The number of nitrogens with zero attached hydrogens (tertiary/aromatic N) is 2. The van der Waals surface area contributed by atoms with Crippen LogP contribution in [0.4, 0.5) is 11.4 Å². The highest BCUT2D eigenvalue weighted by atomic mass is 32.2. The third kappa shape index (κ3) is 2.83. The molecular weight excluding hydrogens is 316 g/mol. The molecule has 1 unspecified atom stereocenters. The Bertz CT molecular complexity index is 892. The van der Waals surface area contributed by atoms with Gasteiger partial charge in [0.05, 0.1) is 22.9 Å². The molecule has 0 saturated carbocycles. The Hall–Kier alpha value is -2.67. The van der Waals surface area contributed by atoms with Gasteiger partial charge in [0.2, 0.25) is 10.0 Å². The van der Waals surface area contributed by atoms with Crippen molar-refractivity contribution in [2.45, 2.75) is 6.04 Å². The third-order valence-corrected chi connectivity index (χ3v) is 4.81. The summed E-state index contributed by atoms with van der Waals surface area (Å²) in [6.45, 7) is 0. The number of nitro groups is 1.